The SMILES string of the molecule is CC(N)c1cccc(S(=O)(=O)NCCC2CC2)c1. The molecule has 1 aliphatic rings. The first-order chi connectivity index (χ1) is 8.49. The average Bonchev–Trinajstić information content (AvgIpc) is 3.13. The Hall–Kier alpha value is -0.910. The van der Waals surface area contributed by atoms with E-state index in [-0.39, 0.29) is 6.04 Å². The summed E-state index contributed by atoms with van der Waals surface area (Å²) in [6, 6.07) is 6.66. The molecule has 100 valence electrons. The number of hydrogen-bond donors (Lipinski definition) is 2. The van der Waals surface area contributed by atoms with Crippen molar-refractivity contribution in [2.75, 3.05) is 6.54 Å². The highest BCUT2D eigenvalue weighted by molar-refractivity contribution is 7.89. The lowest BCUT2D eigenvalue weighted by molar-refractivity contribution is 0.575. The van der Waals surface area contributed by atoms with Gasteiger partial charge >= 0.3 is 0 Å². The van der Waals surface area contributed by atoms with Crippen LogP contribution >= 0.6 is 0 Å². The van der Waals surface area contributed by atoms with Gasteiger partial charge in [-0.15, -0.1) is 0 Å². The highest BCUT2D eigenvalue weighted by Gasteiger charge is 2.22. The van der Waals surface area contributed by atoms with E-state index in [0.29, 0.717) is 11.4 Å². The van der Waals surface area contributed by atoms with Gasteiger partial charge in [0.2, 0.25) is 10.0 Å². The molecule has 1 fully saturated rings. The van der Waals surface area contributed by atoms with Crippen LogP contribution in [-0.2, 0) is 10.0 Å². The molecule has 5 heteroatoms. The summed E-state index contributed by atoms with van der Waals surface area (Å²) in [7, 11) is -3.39. The molecule has 1 aromatic carbocycles. The molecule has 2 rings (SSSR count). The van der Waals surface area contributed by atoms with Crippen LogP contribution in [0.1, 0.15) is 37.8 Å². The van der Waals surface area contributed by atoms with Gasteiger partial charge in [0.25, 0.3) is 0 Å². The Morgan fingerprint density at radius 2 is 2.17 bits per heavy atom. The van der Waals surface area contributed by atoms with E-state index in [4.69, 9.17) is 5.73 Å². The minimum Gasteiger partial charge on any atom is -0.324 e. The van der Waals surface area contributed by atoms with Crippen LogP contribution in [-0.4, -0.2) is 15.0 Å². The number of benzene rings is 1. The van der Waals surface area contributed by atoms with E-state index in [1.165, 1.54) is 12.8 Å². The van der Waals surface area contributed by atoms with E-state index >= 15 is 0 Å². The molecular formula is C13H20N2O2S. The maximum absolute atomic E-state index is 12.1. The second-order valence-electron chi connectivity index (χ2n) is 4.99. The fourth-order valence-electron chi connectivity index (χ4n) is 1.85. The molecule has 0 amide bonds. The molecule has 4 nitrogen and oxygen atoms in total. The number of hydrogen-bond acceptors (Lipinski definition) is 3. The van der Waals surface area contributed by atoms with Gasteiger partial charge in [-0.2, -0.15) is 0 Å². The van der Waals surface area contributed by atoms with E-state index < -0.39 is 10.0 Å². The topological polar surface area (TPSA) is 72.2 Å². The average molecular weight is 268 g/mol. The molecule has 0 heterocycles. The van der Waals surface area contributed by atoms with Crippen LogP contribution in [0, 0.1) is 5.92 Å². The number of rotatable bonds is 6. The Morgan fingerprint density at radius 3 is 2.78 bits per heavy atom. The molecule has 0 saturated heterocycles. The largest absolute Gasteiger partial charge is 0.324 e. The third-order valence-corrected chi connectivity index (χ3v) is 4.69. The molecule has 1 unspecified atom stereocenters. The summed E-state index contributed by atoms with van der Waals surface area (Å²) in [6.07, 6.45) is 3.41. The van der Waals surface area contributed by atoms with E-state index in [1.54, 1.807) is 18.2 Å². The van der Waals surface area contributed by atoms with E-state index in [0.717, 1.165) is 17.9 Å². The van der Waals surface area contributed by atoms with Crippen LogP contribution in [0.3, 0.4) is 0 Å². The highest BCUT2D eigenvalue weighted by Crippen LogP contribution is 2.31. The lowest BCUT2D eigenvalue weighted by Crippen LogP contribution is -2.25. The third-order valence-electron chi connectivity index (χ3n) is 3.24. The summed E-state index contributed by atoms with van der Waals surface area (Å²) >= 11 is 0. The minimum atomic E-state index is -3.39. The maximum atomic E-state index is 12.1. The lowest BCUT2D eigenvalue weighted by atomic mass is 10.1. The van der Waals surface area contributed by atoms with Crippen molar-refractivity contribution in [3.05, 3.63) is 29.8 Å². The molecule has 0 aliphatic heterocycles. The fourth-order valence-corrected chi connectivity index (χ4v) is 2.95. The highest BCUT2D eigenvalue weighted by atomic mass is 32.2. The maximum Gasteiger partial charge on any atom is 0.240 e. The summed E-state index contributed by atoms with van der Waals surface area (Å²) in [4.78, 5) is 0.299. The van der Waals surface area contributed by atoms with Crippen molar-refractivity contribution in [3.63, 3.8) is 0 Å². The molecule has 0 bridgehead atoms. The number of sulfonamides is 1. The third kappa shape index (κ3) is 3.54. The van der Waals surface area contributed by atoms with Crippen molar-refractivity contribution in [2.45, 2.75) is 37.1 Å². The van der Waals surface area contributed by atoms with Crippen molar-refractivity contribution in [1.82, 2.24) is 4.72 Å². The molecule has 0 spiro atoms. The normalized spacial score (nSPS) is 17.7. The smallest absolute Gasteiger partial charge is 0.240 e. The molecule has 1 atom stereocenters. The molecule has 18 heavy (non-hydrogen) atoms. The van der Waals surface area contributed by atoms with Crippen molar-refractivity contribution in [1.29, 1.82) is 0 Å². The molecule has 1 aliphatic carbocycles. The standard InChI is InChI=1S/C13H20N2O2S/c1-10(14)12-3-2-4-13(9-12)18(16,17)15-8-7-11-5-6-11/h2-4,9-11,15H,5-8,14H2,1H3. The first kappa shape index (κ1) is 13.5. The predicted molar refractivity (Wildman–Crippen MR) is 71.6 cm³/mol. The Morgan fingerprint density at radius 1 is 1.44 bits per heavy atom. The van der Waals surface area contributed by atoms with Gasteiger partial charge in [-0.3, -0.25) is 0 Å². The molecule has 0 radical (unpaired) electrons. The van der Waals surface area contributed by atoms with Crippen LogP contribution in [0.4, 0.5) is 0 Å². The van der Waals surface area contributed by atoms with Gasteiger partial charge in [-0.05, 0) is 37.0 Å². The Balaban J connectivity index is 2.05. The zero-order valence-electron chi connectivity index (χ0n) is 10.6. The van der Waals surface area contributed by atoms with Crippen LogP contribution in [0.5, 0.6) is 0 Å². The Bertz CT molecular complexity index is 507. The molecule has 0 aromatic heterocycles. The van der Waals surface area contributed by atoms with Crippen molar-refractivity contribution >= 4 is 10.0 Å². The van der Waals surface area contributed by atoms with E-state index in [2.05, 4.69) is 4.72 Å². The van der Waals surface area contributed by atoms with Gasteiger partial charge in [0.15, 0.2) is 0 Å². The Labute approximate surface area is 109 Å². The van der Waals surface area contributed by atoms with Crippen molar-refractivity contribution in [2.24, 2.45) is 11.7 Å². The summed E-state index contributed by atoms with van der Waals surface area (Å²) in [5.74, 6) is 0.725. The molecule has 1 aromatic rings. The van der Waals surface area contributed by atoms with Crippen molar-refractivity contribution in [3.8, 4) is 0 Å². The van der Waals surface area contributed by atoms with Gasteiger partial charge in [0, 0.05) is 12.6 Å². The van der Waals surface area contributed by atoms with Gasteiger partial charge in [0.1, 0.15) is 0 Å². The van der Waals surface area contributed by atoms with E-state index in [9.17, 15) is 8.42 Å². The zero-order valence-corrected chi connectivity index (χ0v) is 11.4. The van der Waals surface area contributed by atoms with Crippen LogP contribution in [0.2, 0.25) is 0 Å². The Kier molecular flexibility index (Phi) is 4.04. The van der Waals surface area contributed by atoms with Crippen LogP contribution < -0.4 is 10.5 Å². The zero-order chi connectivity index (χ0) is 13.2. The molecule has 3 N–H and O–H groups in total. The van der Waals surface area contributed by atoms with Gasteiger partial charge < -0.3 is 5.73 Å². The van der Waals surface area contributed by atoms with Gasteiger partial charge in [-0.25, -0.2) is 13.1 Å². The van der Waals surface area contributed by atoms with Crippen molar-refractivity contribution < 1.29 is 8.42 Å². The number of nitrogens with two attached hydrogens (primary N) is 1. The molecular weight excluding hydrogens is 248 g/mol. The predicted octanol–water partition coefficient (Wildman–Crippen LogP) is 1.78. The lowest BCUT2D eigenvalue weighted by Gasteiger charge is -2.10. The summed E-state index contributed by atoms with van der Waals surface area (Å²) in [5, 5.41) is 0. The monoisotopic (exact) mass is 268 g/mol. The second kappa shape index (κ2) is 5.38. The quantitative estimate of drug-likeness (QED) is 0.826. The summed E-state index contributed by atoms with van der Waals surface area (Å²) < 4.78 is 26.8. The first-order valence-corrected chi connectivity index (χ1v) is 7.82. The van der Waals surface area contributed by atoms with Crippen LogP contribution in [0.15, 0.2) is 29.2 Å². The first-order valence-electron chi connectivity index (χ1n) is 6.34. The van der Waals surface area contributed by atoms with E-state index in [1.807, 2.05) is 13.0 Å². The summed E-state index contributed by atoms with van der Waals surface area (Å²) in [6.45, 7) is 2.36. The fraction of sp³-hybridized carbons (Fsp3) is 0.538. The van der Waals surface area contributed by atoms with Gasteiger partial charge in [-0.1, -0.05) is 25.0 Å². The van der Waals surface area contributed by atoms with Crippen LogP contribution in [0.25, 0.3) is 0 Å². The molecule has 1 saturated carbocycles. The number of nitrogens with one attached hydrogen (secondary N) is 1. The minimum absolute atomic E-state index is 0.161. The second-order valence-corrected chi connectivity index (χ2v) is 6.76. The summed E-state index contributed by atoms with van der Waals surface area (Å²) in [5.41, 5.74) is 6.59. The van der Waals surface area contributed by atoms with Gasteiger partial charge in [0.05, 0.1) is 4.90 Å².